The SMILES string of the molecule is CN(C)C(=O)CNC(=O)c1ccc(Br)cc1N. The smallest absolute Gasteiger partial charge is 0.253 e. The molecule has 92 valence electrons. The summed E-state index contributed by atoms with van der Waals surface area (Å²) < 4.78 is 0.802. The molecule has 0 saturated heterocycles. The van der Waals surface area contributed by atoms with Crippen molar-refractivity contribution in [1.82, 2.24) is 10.2 Å². The summed E-state index contributed by atoms with van der Waals surface area (Å²) in [5.74, 6) is -0.528. The van der Waals surface area contributed by atoms with Crippen molar-refractivity contribution >= 4 is 33.4 Å². The Morgan fingerprint density at radius 3 is 2.59 bits per heavy atom. The molecule has 0 fully saturated rings. The number of nitrogen functional groups attached to an aromatic ring is 1. The minimum absolute atomic E-state index is 0.0403. The molecule has 0 radical (unpaired) electrons. The van der Waals surface area contributed by atoms with E-state index in [-0.39, 0.29) is 18.4 Å². The van der Waals surface area contributed by atoms with E-state index in [4.69, 9.17) is 5.73 Å². The molecule has 17 heavy (non-hydrogen) atoms. The maximum absolute atomic E-state index is 11.7. The zero-order chi connectivity index (χ0) is 13.0. The fraction of sp³-hybridized carbons (Fsp3) is 0.273. The van der Waals surface area contributed by atoms with Gasteiger partial charge in [-0.3, -0.25) is 9.59 Å². The number of nitrogens with two attached hydrogens (primary N) is 1. The molecule has 1 aromatic rings. The van der Waals surface area contributed by atoms with Gasteiger partial charge in [0.15, 0.2) is 0 Å². The van der Waals surface area contributed by atoms with E-state index in [9.17, 15) is 9.59 Å². The first kappa shape index (κ1) is 13.5. The molecule has 0 aliphatic carbocycles. The molecular weight excluding hydrogens is 286 g/mol. The highest BCUT2D eigenvalue weighted by atomic mass is 79.9. The van der Waals surface area contributed by atoms with Gasteiger partial charge in [0.2, 0.25) is 5.91 Å². The van der Waals surface area contributed by atoms with Crippen molar-refractivity contribution in [2.45, 2.75) is 0 Å². The second-order valence-electron chi connectivity index (χ2n) is 3.70. The topological polar surface area (TPSA) is 75.4 Å². The number of hydrogen-bond donors (Lipinski definition) is 2. The first-order chi connectivity index (χ1) is 7.91. The maximum Gasteiger partial charge on any atom is 0.253 e. The van der Waals surface area contributed by atoms with Crippen molar-refractivity contribution in [3.8, 4) is 0 Å². The Morgan fingerprint density at radius 1 is 1.41 bits per heavy atom. The summed E-state index contributed by atoms with van der Waals surface area (Å²) in [4.78, 5) is 24.4. The van der Waals surface area contributed by atoms with Crippen LogP contribution < -0.4 is 11.1 Å². The fourth-order valence-corrected chi connectivity index (χ4v) is 1.53. The van der Waals surface area contributed by atoms with Crippen molar-refractivity contribution in [1.29, 1.82) is 0 Å². The van der Waals surface area contributed by atoms with Gasteiger partial charge >= 0.3 is 0 Å². The van der Waals surface area contributed by atoms with Crippen molar-refractivity contribution in [2.75, 3.05) is 26.4 Å². The van der Waals surface area contributed by atoms with Gasteiger partial charge in [0.25, 0.3) is 5.91 Å². The van der Waals surface area contributed by atoms with Crippen LogP contribution in [0.5, 0.6) is 0 Å². The van der Waals surface area contributed by atoms with Crippen molar-refractivity contribution in [3.63, 3.8) is 0 Å². The Balaban J connectivity index is 2.68. The van der Waals surface area contributed by atoms with Crippen molar-refractivity contribution in [3.05, 3.63) is 28.2 Å². The number of anilines is 1. The summed E-state index contributed by atoms with van der Waals surface area (Å²) >= 11 is 3.25. The molecule has 0 heterocycles. The number of nitrogens with one attached hydrogen (secondary N) is 1. The number of hydrogen-bond acceptors (Lipinski definition) is 3. The van der Waals surface area contributed by atoms with Gasteiger partial charge < -0.3 is 16.0 Å². The molecule has 0 spiro atoms. The van der Waals surface area contributed by atoms with Crippen LogP contribution in [-0.4, -0.2) is 37.4 Å². The maximum atomic E-state index is 11.7. The number of halogens is 1. The zero-order valence-corrected chi connectivity index (χ0v) is 11.2. The number of rotatable bonds is 3. The minimum Gasteiger partial charge on any atom is -0.398 e. The molecule has 0 bridgehead atoms. The summed E-state index contributed by atoms with van der Waals surface area (Å²) in [5.41, 5.74) is 6.43. The lowest BCUT2D eigenvalue weighted by molar-refractivity contribution is -0.127. The quantitative estimate of drug-likeness (QED) is 0.813. The molecule has 6 heteroatoms. The number of carbonyl (C=O) groups is 2. The second kappa shape index (κ2) is 5.67. The van der Waals surface area contributed by atoms with E-state index in [1.165, 1.54) is 4.90 Å². The average molecular weight is 300 g/mol. The lowest BCUT2D eigenvalue weighted by Crippen LogP contribution is -2.36. The van der Waals surface area contributed by atoms with Crippen LogP contribution in [0.25, 0.3) is 0 Å². The standard InChI is InChI=1S/C11H14BrN3O2/c1-15(2)10(16)6-14-11(17)8-4-3-7(12)5-9(8)13/h3-5H,6,13H2,1-2H3,(H,14,17). The van der Waals surface area contributed by atoms with E-state index in [1.807, 2.05) is 0 Å². The van der Waals surface area contributed by atoms with Crippen LogP contribution >= 0.6 is 15.9 Å². The first-order valence-electron chi connectivity index (χ1n) is 4.95. The number of nitrogens with zero attached hydrogens (tertiary/aromatic N) is 1. The van der Waals surface area contributed by atoms with E-state index < -0.39 is 0 Å². The summed E-state index contributed by atoms with van der Waals surface area (Å²) in [6.45, 7) is -0.0403. The van der Waals surface area contributed by atoms with Crippen LogP contribution in [0.3, 0.4) is 0 Å². The van der Waals surface area contributed by atoms with Crippen LogP contribution in [-0.2, 0) is 4.79 Å². The highest BCUT2D eigenvalue weighted by Gasteiger charge is 2.11. The normalized spacial score (nSPS) is 9.82. The molecule has 0 saturated carbocycles. The molecule has 1 aromatic carbocycles. The predicted molar refractivity (Wildman–Crippen MR) is 69.6 cm³/mol. The van der Waals surface area contributed by atoms with Gasteiger partial charge in [-0.2, -0.15) is 0 Å². The van der Waals surface area contributed by atoms with Crippen LogP contribution in [0.2, 0.25) is 0 Å². The van der Waals surface area contributed by atoms with E-state index in [2.05, 4.69) is 21.2 Å². The molecule has 0 unspecified atom stereocenters. The largest absolute Gasteiger partial charge is 0.398 e. The summed E-state index contributed by atoms with van der Waals surface area (Å²) in [6, 6.07) is 4.97. The Bertz CT molecular complexity index is 446. The Kier molecular flexibility index (Phi) is 4.51. The van der Waals surface area contributed by atoms with Gasteiger partial charge in [-0.05, 0) is 18.2 Å². The first-order valence-corrected chi connectivity index (χ1v) is 5.74. The lowest BCUT2D eigenvalue weighted by Gasteiger charge is -2.11. The van der Waals surface area contributed by atoms with Gasteiger partial charge in [-0.25, -0.2) is 0 Å². The summed E-state index contributed by atoms with van der Waals surface area (Å²) in [6.07, 6.45) is 0. The van der Waals surface area contributed by atoms with Crippen LogP contribution in [0.4, 0.5) is 5.69 Å². The monoisotopic (exact) mass is 299 g/mol. The molecule has 3 N–H and O–H groups in total. The van der Waals surface area contributed by atoms with E-state index in [1.54, 1.807) is 32.3 Å². The third kappa shape index (κ3) is 3.74. The van der Waals surface area contributed by atoms with Crippen molar-refractivity contribution in [2.24, 2.45) is 0 Å². The van der Waals surface area contributed by atoms with Crippen LogP contribution in [0.15, 0.2) is 22.7 Å². The third-order valence-corrected chi connectivity index (χ3v) is 2.65. The van der Waals surface area contributed by atoms with Gasteiger partial charge in [0, 0.05) is 24.3 Å². The molecule has 0 atom stereocenters. The molecule has 2 amide bonds. The Morgan fingerprint density at radius 2 is 2.06 bits per heavy atom. The summed E-state index contributed by atoms with van der Waals surface area (Å²) in [5, 5.41) is 2.51. The van der Waals surface area contributed by atoms with Gasteiger partial charge in [0.05, 0.1) is 12.1 Å². The number of carbonyl (C=O) groups excluding carboxylic acids is 2. The summed E-state index contributed by atoms with van der Waals surface area (Å²) in [7, 11) is 3.25. The number of benzene rings is 1. The van der Waals surface area contributed by atoms with Crippen LogP contribution in [0.1, 0.15) is 10.4 Å². The third-order valence-electron chi connectivity index (χ3n) is 2.16. The Labute approximate surface area is 108 Å². The van der Waals surface area contributed by atoms with Crippen molar-refractivity contribution < 1.29 is 9.59 Å². The molecule has 0 aliphatic rings. The molecule has 0 aliphatic heterocycles. The fourth-order valence-electron chi connectivity index (χ4n) is 1.15. The highest BCUT2D eigenvalue weighted by Crippen LogP contribution is 2.18. The van der Waals surface area contributed by atoms with Crippen LogP contribution in [0, 0.1) is 0 Å². The van der Waals surface area contributed by atoms with E-state index in [0.29, 0.717) is 11.3 Å². The average Bonchev–Trinajstić information content (AvgIpc) is 2.25. The molecule has 1 rings (SSSR count). The zero-order valence-electron chi connectivity index (χ0n) is 9.66. The van der Waals surface area contributed by atoms with Gasteiger partial charge in [-0.15, -0.1) is 0 Å². The Hall–Kier alpha value is -1.56. The lowest BCUT2D eigenvalue weighted by atomic mass is 10.1. The second-order valence-corrected chi connectivity index (χ2v) is 4.62. The van der Waals surface area contributed by atoms with Gasteiger partial charge in [0.1, 0.15) is 0 Å². The number of amides is 2. The minimum atomic E-state index is -0.356. The van der Waals surface area contributed by atoms with Gasteiger partial charge in [-0.1, -0.05) is 15.9 Å². The predicted octanol–water partition coefficient (Wildman–Crippen LogP) is 0.849. The highest BCUT2D eigenvalue weighted by molar-refractivity contribution is 9.10. The molecule has 5 nitrogen and oxygen atoms in total. The van der Waals surface area contributed by atoms with E-state index >= 15 is 0 Å². The molecular formula is C11H14BrN3O2. The number of likely N-dealkylation sites (N-methyl/N-ethyl adjacent to an activating group) is 1. The molecule has 0 aromatic heterocycles. The van der Waals surface area contributed by atoms with E-state index in [0.717, 1.165) is 4.47 Å².